The summed E-state index contributed by atoms with van der Waals surface area (Å²) in [4.78, 5) is 12.0. The maximum Gasteiger partial charge on any atom is 0.262 e. The summed E-state index contributed by atoms with van der Waals surface area (Å²) >= 11 is 11.8. The van der Waals surface area contributed by atoms with Crippen LogP contribution in [0.3, 0.4) is 0 Å². The minimum absolute atomic E-state index is 0.0741. The highest BCUT2D eigenvalue weighted by atomic mass is 35.5. The zero-order chi connectivity index (χ0) is 16.3. The molecule has 0 aliphatic carbocycles. The number of amides is 1. The Kier molecular flexibility index (Phi) is 5.33. The highest BCUT2D eigenvalue weighted by molar-refractivity contribution is 6.35. The Morgan fingerprint density at radius 3 is 2.27 bits per heavy atom. The normalized spacial score (nSPS) is 10.4. The second-order valence-electron chi connectivity index (χ2n) is 5.15. The van der Waals surface area contributed by atoms with E-state index < -0.39 is 0 Å². The number of anilines is 1. The molecule has 0 aromatic heterocycles. The second-order valence-corrected chi connectivity index (χ2v) is 6.02. The molecule has 1 amide bonds. The van der Waals surface area contributed by atoms with Gasteiger partial charge >= 0.3 is 0 Å². The van der Waals surface area contributed by atoms with Crippen molar-refractivity contribution in [3.05, 3.63) is 57.1 Å². The minimum Gasteiger partial charge on any atom is -0.483 e. The first-order chi connectivity index (χ1) is 10.4. The van der Waals surface area contributed by atoms with E-state index in [1.54, 1.807) is 18.2 Å². The molecule has 0 saturated carbocycles. The molecule has 1 N–H and O–H groups in total. The fourth-order valence-corrected chi connectivity index (χ4v) is 2.63. The second kappa shape index (κ2) is 7.03. The number of aryl methyl sites for hydroxylation is 2. The Morgan fingerprint density at radius 2 is 1.64 bits per heavy atom. The molecule has 0 aliphatic rings. The molecule has 0 aliphatic heterocycles. The van der Waals surface area contributed by atoms with Gasteiger partial charge in [-0.2, -0.15) is 0 Å². The first-order valence-corrected chi connectivity index (χ1v) is 7.58. The van der Waals surface area contributed by atoms with Crippen LogP contribution in [0.25, 0.3) is 0 Å². The Labute approximate surface area is 140 Å². The Hall–Kier alpha value is -1.71. The fraction of sp³-hybridized carbons (Fsp3) is 0.235. The van der Waals surface area contributed by atoms with E-state index in [0.717, 1.165) is 22.4 Å². The van der Waals surface area contributed by atoms with Gasteiger partial charge in [0.1, 0.15) is 5.75 Å². The quantitative estimate of drug-likeness (QED) is 0.858. The molecule has 3 nitrogen and oxygen atoms in total. The summed E-state index contributed by atoms with van der Waals surface area (Å²) in [6, 6.07) is 8.88. The number of benzene rings is 2. The van der Waals surface area contributed by atoms with Gasteiger partial charge in [-0.25, -0.2) is 0 Å². The van der Waals surface area contributed by atoms with Crippen molar-refractivity contribution >= 4 is 34.8 Å². The number of carbonyl (C=O) groups excluding carboxylic acids is 1. The van der Waals surface area contributed by atoms with E-state index in [2.05, 4.69) is 5.32 Å². The van der Waals surface area contributed by atoms with E-state index in [-0.39, 0.29) is 12.5 Å². The Balaban J connectivity index is 2.03. The zero-order valence-electron chi connectivity index (χ0n) is 12.7. The van der Waals surface area contributed by atoms with Crippen LogP contribution in [0.5, 0.6) is 5.75 Å². The number of nitrogens with one attached hydrogen (secondary N) is 1. The molecule has 22 heavy (non-hydrogen) atoms. The van der Waals surface area contributed by atoms with Crippen LogP contribution in [-0.4, -0.2) is 12.5 Å². The summed E-state index contributed by atoms with van der Waals surface area (Å²) in [5.74, 6) is 0.484. The third-order valence-corrected chi connectivity index (χ3v) is 3.80. The molecule has 2 aromatic rings. The SMILES string of the molecule is Cc1ccc(C)c(OCC(=O)Nc2cc(Cl)cc(Cl)c2)c1C. The van der Waals surface area contributed by atoms with Gasteiger partial charge in [-0.1, -0.05) is 35.3 Å². The summed E-state index contributed by atoms with van der Waals surface area (Å²) in [6.07, 6.45) is 0. The van der Waals surface area contributed by atoms with Gasteiger partial charge in [-0.15, -0.1) is 0 Å². The molecule has 0 unspecified atom stereocenters. The molecular formula is C17H17Cl2NO2. The molecule has 0 radical (unpaired) electrons. The van der Waals surface area contributed by atoms with Crippen LogP contribution < -0.4 is 10.1 Å². The topological polar surface area (TPSA) is 38.3 Å². The molecule has 2 rings (SSSR count). The van der Waals surface area contributed by atoms with Gasteiger partial charge in [-0.05, 0) is 55.7 Å². The molecule has 0 heterocycles. The van der Waals surface area contributed by atoms with Gasteiger partial charge in [0.05, 0.1) is 0 Å². The Bertz CT molecular complexity index is 694. The van der Waals surface area contributed by atoms with Gasteiger partial charge in [0, 0.05) is 15.7 Å². The third kappa shape index (κ3) is 4.15. The first kappa shape index (κ1) is 16.7. The van der Waals surface area contributed by atoms with Crippen LogP contribution in [0.4, 0.5) is 5.69 Å². The van der Waals surface area contributed by atoms with Crippen molar-refractivity contribution in [1.29, 1.82) is 0 Å². The van der Waals surface area contributed by atoms with Crippen LogP contribution in [-0.2, 0) is 4.79 Å². The predicted molar refractivity (Wildman–Crippen MR) is 91.2 cm³/mol. The molecular weight excluding hydrogens is 321 g/mol. The monoisotopic (exact) mass is 337 g/mol. The van der Waals surface area contributed by atoms with Crippen molar-refractivity contribution in [3.63, 3.8) is 0 Å². The van der Waals surface area contributed by atoms with E-state index in [0.29, 0.717) is 15.7 Å². The van der Waals surface area contributed by atoms with E-state index in [9.17, 15) is 4.79 Å². The lowest BCUT2D eigenvalue weighted by Gasteiger charge is -2.14. The molecule has 0 saturated heterocycles. The maximum atomic E-state index is 12.0. The summed E-state index contributed by atoms with van der Waals surface area (Å²) < 4.78 is 5.66. The highest BCUT2D eigenvalue weighted by Gasteiger charge is 2.10. The fourth-order valence-electron chi connectivity index (χ4n) is 2.11. The number of hydrogen-bond acceptors (Lipinski definition) is 2. The lowest BCUT2D eigenvalue weighted by molar-refractivity contribution is -0.118. The van der Waals surface area contributed by atoms with Gasteiger partial charge < -0.3 is 10.1 Å². The molecule has 2 aromatic carbocycles. The van der Waals surface area contributed by atoms with Crippen molar-refractivity contribution in [3.8, 4) is 5.75 Å². The molecule has 0 fully saturated rings. The van der Waals surface area contributed by atoms with Gasteiger partial charge in [0.25, 0.3) is 5.91 Å². The lowest BCUT2D eigenvalue weighted by Crippen LogP contribution is -2.20. The van der Waals surface area contributed by atoms with Crippen LogP contribution >= 0.6 is 23.2 Å². The third-order valence-electron chi connectivity index (χ3n) is 3.37. The van der Waals surface area contributed by atoms with Crippen molar-refractivity contribution in [2.24, 2.45) is 0 Å². The standard InChI is InChI=1S/C17H17Cl2NO2/c1-10-4-5-11(2)17(12(10)3)22-9-16(21)20-15-7-13(18)6-14(19)8-15/h4-8H,9H2,1-3H3,(H,20,21). The van der Waals surface area contributed by atoms with Crippen molar-refractivity contribution in [2.45, 2.75) is 20.8 Å². The number of hydrogen-bond donors (Lipinski definition) is 1. The molecule has 5 heteroatoms. The minimum atomic E-state index is -0.265. The number of carbonyl (C=O) groups is 1. The molecule has 0 spiro atoms. The van der Waals surface area contributed by atoms with Gasteiger partial charge in [0.15, 0.2) is 6.61 Å². The average molecular weight is 338 g/mol. The average Bonchev–Trinajstić information content (AvgIpc) is 2.42. The first-order valence-electron chi connectivity index (χ1n) is 6.82. The molecule has 116 valence electrons. The number of rotatable bonds is 4. The summed E-state index contributed by atoms with van der Waals surface area (Å²) in [5.41, 5.74) is 3.71. The van der Waals surface area contributed by atoms with Crippen molar-refractivity contribution in [2.75, 3.05) is 11.9 Å². The predicted octanol–water partition coefficient (Wildman–Crippen LogP) is 4.94. The van der Waals surface area contributed by atoms with Crippen LogP contribution in [0, 0.1) is 20.8 Å². The van der Waals surface area contributed by atoms with Crippen molar-refractivity contribution < 1.29 is 9.53 Å². The summed E-state index contributed by atoms with van der Waals surface area (Å²) in [7, 11) is 0. The number of halogens is 2. The zero-order valence-corrected chi connectivity index (χ0v) is 14.2. The van der Waals surface area contributed by atoms with E-state index in [4.69, 9.17) is 27.9 Å². The summed E-state index contributed by atoms with van der Waals surface area (Å²) in [5, 5.41) is 3.65. The van der Waals surface area contributed by atoms with E-state index in [1.165, 1.54) is 0 Å². The lowest BCUT2D eigenvalue weighted by atomic mass is 10.1. The largest absolute Gasteiger partial charge is 0.483 e. The van der Waals surface area contributed by atoms with E-state index in [1.807, 2.05) is 32.9 Å². The smallest absolute Gasteiger partial charge is 0.262 e. The van der Waals surface area contributed by atoms with Gasteiger partial charge in [0.2, 0.25) is 0 Å². The van der Waals surface area contributed by atoms with E-state index >= 15 is 0 Å². The van der Waals surface area contributed by atoms with Crippen molar-refractivity contribution in [1.82, 2.24) is 0 Å². The van der Waals surface area contributed by atoms with Crippen LogP contribution in [0.15, 0.2) is 30.3 Å². The summed E-state index contributed by atoms with van der Waals surface area (Å²) in [6.45, 7) is 5.87. The maximum absolute atomic E-state index is 12.0. The Morgan fingerprint density at radius 1 is 1.05 bits per heavy atom. The molecule has 0 bridgehead atoms. The van der Waals surface area contributed by atoms with Crippen LogP contribution in [0.1, 0.15) is 16.7 Å². The number of ether oxygens (including phenoxy) is 1. The highest BCUT2D eigenvalue weighted by Crippen LogP contribution is 2.26. The van der Waals surface area contributed by atoms with Gasteiger partial charge in [-0.3, -0.25) is 4.79 Å². The molecule has 0 atom stereocenters. The van der Waals surface area contributed by atoms with Crippen LogP contribution in [0.2, 0.25) is 10.0 Å².